The number of benzene rings is 1. The highest BCUT2D eigenvalue weighted by Crippen LogP contribution is 2.17. The molecule has 21 heavy (non-hydrogen) atoms. The van der Waals surface area contributed by atoms with Crippen LogP contribution in [0.2, 0.25) is 0 Å². The summed E-state index contributed by atoms with van der Waals surface area (Å²) >= 11 is 0. The van der Waals surface area contributed by atoms with Crippen LogP contribution in [-0.4, -0.2) is 43.3 Å². The Morgan fingerprint density at radius 3 is 2.71 bits per heavy atom. The molecule has 0 spiro atoms. The first kappa shape index (κ1) is 16.8. The molecule has 0 aliphatic carbocycles. The van der Waals surface area contributed by atoms with Crippen LogP contribution in [-0.2, 0) is 4.74 Å². The largest absolute Gasteiger partial charge is 0.478 e. The van der Waals surface area contributed by atoms with Crippen molar-refractivity contribution in [3.05, 3.63) is 29.3 Å². The Labute approximate surface area is 120 Å². The van der Waals surface area contributed by atoms with Gasteiger partial charge in [-0.2, -0.15) is 0 Å². The predicted octanol–water partition coefficient (Wildman–Crippen LogP) is 2.10. The molecule has 0 atom stereocenters. The van der Waals surface area contributed by atoms with Crippen molar-refractivity contribution >= 4 is 17.7 Å². The van der Waals surface area contributed by atoms with Crippen molar-refractivity contribution in [3.63, 3.8) is 0 Å². The summed E-state index contributed by atoms with van der Waals surface area (Å²) in [5.41, 5.74) is 0.872. The van der Waals surface area contributed by atoms with Gasteiger partial charge in [0, 0.05) is 6.54 Å². The Morgan fingerprint density at radius 1 is 1.38 bits per heavy atom. The molecule has 1 aromatic carbocycles. The second kappa shape index (κ2) is 8.15. The third-order valence-corrected chi connectivity index (χ3v) is 2.43. The molecule has 0 heterocycles. The number of anilines is 1. The van der Waals surface area contributed by atoms with Crippen molar-refractivity contribution < 1.29 is 28.2 Å². The van der Waals surface area contributed by atoms with Crippen LogP contribution in [0.25, 0.3) is 0 Å². The van der Waals surface area contributed by atoms with Gasteiger partial charge in [0.05, 0.1) is 17.9 Å². The number of carboxylic acids is 1. The van der Waals surface area contributed by atoms with Crippen LogP contribution in [0.15, 0.2) is 18.2 Å². The van der Waals surface area contributed by atoms with Gasteiger partial charge in [0.2, 0.25) is 0 Å². The van der Waals surface area contributed by atoms with Gasteiger partial charge >= 0.3 is 12.0 Å². The van der Waals surface area contributed by atoms with Crippen LogP contribution in [0, 0.1) is 6.92 Å². The molecule has 1 aromatic rings. The highest BCUT2D eigenvalue weighted by molar-refractivity contribution is 6.00. The maximum Gasteiger partial charge on any atom is 0.337 e. The fraction of sp³-hybridized carbons (Fsp3) is 0.385. The fourth-order valence-electron chi connectivity index (χ4n) is 1.52. The average Bonchev–Trinajstić information content (AvgIpc) is 2.39. The quantitative estimate of drug-likeness (QED) is 0.673. The van der Waals surface area contributed by atoms with Gasteiger partial charge in [-0.15, -0.1) is 0 Å². The third kappa shape index (κ3) is 6.17. The molecular weight excluding hydrogens is 286 g/mol. The van der Waals surface area contributed by atoms with Gasteiger partial charge in [0.1, 0.15) is 6.61 Å². The molecule has 1 rings (SSSR count). The van der Waals surface area contributed by atoms with E-state index in [0.717, 1.165) is 5.56 Å². The predicted molar refractivity (Wildman–Crippen MR) is 72.0 cm³/mol. The topological polar surface area (TPSA) is 87.7 Å². The summed E-state index contributed by atoms with van der Waals surface area (Å²) in [6.07, 6.45) is -2.55. The Hall–Kier alpha value is -2.22. The number of rotatable bonds is 7. The van der Waals surface area contributed by atoms with E-state index in [2.05, 4.69) is 15.4 Å². The number of carbonyl (C=O) groups is 2. The van der Waals surface area contributed by atoms with Crippen molar-refractivity contribution in [3.8, 4) is 0 Å². The zero-order valence-electron chi connectivity index (χ0n) is 11.4. The number of carboxylic acid groups (broad SMARTS) is 1. The molecule has 0 aliphatic rings. The number of aromatic carboxylic acids is 1. The summed E-state index contributed by atoms with van der Waals surface area (Å²) in [5, 5.41) is 13.8. The Kier molecular flexibility index (Phi) is 6.54. The van der Waals surface area contributed by atoms with Gasteiger partial charge in [0.25, 0.3) is 6.43 Å². The lowest BCUT2D eigenvalue weighted by atomic mass is 10.1. The molecule has 8 heteroatoms. The van der Waals surface area contributed by atoms with Gasteiger partial charge in [-0.25, -0.2) is 18.4 Å². The summed E-state index contributed by atoms with van der Waals surface area (Å²) in [6.45, 7) is 1.02. The van der Waals surface area contributed by atoms with Crippen LogP contribution in [0.1, 0.15) is 15.9 Å². The maximum absolute atomic E-state index is 11.8. The second-order valence-electron chi connectivity index (χ2n) is 4.20. The highest BCUT2D eigenvalue weighted by Gasteiger charge is 2.12. The summed E-state index contributed by atoms with van der Waals surface area (Å²) in [6, 6.07) is 3.94. The monoisotopic (exact) mass is 302 g/mol. The van der Waals surface area contributed by atoms with E-state index < -0.39 is 25.0 Å². The number of alkyl halides is 2. The van der Waals surface area contributed by atoms with Gasteiger partial charge in [-0.1, -0.05) is 11.6 Å². The lowest BCUT2D eigenvalue weighted by Gasteiger charge is -2.10. The van der Waals surface area contributed by atoms with Gasteiger partial charge in [-0.3, -0.25) is 0 Å². The number of hydrogen-bond donors (Lipinski definition) is 3. The summed E-state index contributed by atoms with van der Waals surface area (Å²) in [4.78, 5) is 22.6. The number of amides is 2. The number of aryl methyl sites for hydroxylation is 1. The summed E-state index contributed by atoms with van der Waals surface area (Å²) in [7, 11) is 0. The number of carbonyl (C=O) groups excluding carboxylic acids is 1. The molecule has 3 N–H and O–H groups in total. The average molecular weight is 302 g/mol. The molecule has 0 saturated heterocycles. The van der Waals surface area contributed by atoms with E-state index in [-0.39, 0.29) is 24.4 Å². The van der Waals surface area contributed by atoms with E-state index in [1.54, 1.807) is 13.0 Å². The molecule has 0 fully saturated rings. The van der Waals surface area contributed by atoms with Crippen LogP contribution in [0.3, 0.4) is 0 Å². The molecule has 0 unspecified atom stereocenters. The van der Waals surface area contributed by atoms with Crippen LogP contribution in [0.4, 0.5) is 19.3 Å². The fourth-order valence-corrected chi connectivity index (χ4v) is 1.52. The molecule has 0 saturated carbocycles. The van der Waals surface area contributed by atoms with Crippen molar-refractivity contribution in [2.24, 2.45) is 0 Å². The SMILES string of the molecule is Cc1ccc(NC(=O)NCCOCC(F)F)c(C(=O)O)c1. The number of hydrogen-bond acceptors (Lipinski definition) is 3. The minimum Gasteiger partial charge on any atom is -0.478 e. The highest BCUT2D eigenvalue weighted by atomic mass is 19.3. The maximum atomic E-state index is 11.8. The van der Waals surface area contributed by atoms with Gasteiger partial charge < -0.3 is 20.5 Å². The smallest absolute Gasteiger partial charge is 0.337 e. The van der Waals surface area contributed by atoms with Crippen LogP contribution in [0.5, 0.6) is 0 Å². The van der Waals surface area contributed by atoms with E-state index >= 15 is 0 Å². The van der Waals surface area contributed by atoms with Crippen molar-refractivity contribution in [1.82, 2.24) is 5.32 Å². The first-order chi connectivity index (χ1) is 9.90. The molecule has 0 aromatic heterocycles. The normalized spacial score (nSPS) is 10.5. The van der Waals surface area contributed by atoms with E-state index in [9.17, 15) is 18.4 Å². The van der Waals surface area contributed by atoms with Gasteiger partial charge in [-0.05, 0) is 19.1 Å². The Balaban J connectivity index is 2.46. The van der Waals surface area contributed by atoms with Crippen molar-refractivity contribution in [2.45, 2.75) is 13.3 Å². The number of halogens is 2. The first-order valence-corrected chi connectivity index (χ1v) is 6.15. The van der Waals surface area contributed by atoms with Crippen molar-refractivity contribution in [2.75, 3.05) is 25.1 Å². The van der Waals surface area contributed by atoms with E-state index in [4.69, 9.17) is 5.11 Å². The zero-order chi connectivity index (χ0) is 15.8. The van der Waals surface area contributed by atoms with E-state index in [1.807, 2.05) is 0 Å². The summed E-state index contributed by atoms with van der Waals surface area (Å²) in [5.74, 6) is -1.16. The minimum atomic E-state index is -2.55. The molecular formula is C13H16F2N2O4. The number of urea groups is 1. The Morgan fingerprint density at radius 2 is 2.10 bits per heavy atom. The molecule has 0 radical (unpaired) electrons. The number of ether oxygens (including phenoxy) is 1. The first-order valence-electron chi connectivity index (χ1n) is 6.15. The third-order valence-electron chi connectivity index (χ3n) is 2.43. The number of nitrogens with one attached hydrogen (secondary N) is 2. The van der Waals surface area contributed by atoms with Gasteiger partial charge in [0.15, 0.2) is 0 Å². The minimum absolute atomic E-state index is 0.0286. The molecule has 0 bridgehead atoms. The van der Waals surface area contributed by atoms with Crippen LogP contribution >= 0.6 is 0 Å². The lowest BCUT2D eigenvalue weighted by Crippen LogP contribution is -2.32. The Bertz CT molecular complexity index is 509. The van der Waals surface area contributed by atoms with E-state index in [1.165, 1.54) is 12.1 Å². The molecule has 0 aliphatic heterocycles. The zero-order valence-corrected chi connectivity index (χ0v) is 11.4. The van der Waals surface area contributed by atoms with Crippen molar-refractivity contribution in [1.29, 1.82) is 0 Å². The molecule has 2 amide bonds. The molecule has 6 nitrogen and oxygen atoms in total. The standard InChI is InChI=1S/C13H16F2N2O4/c1-8-2-3-10(9(6-8)12(18)19)17-13(20)16-4-5-21-7-11(14)15/h2-3,6,11H,4-5,7H2,1H3,(H,18,19)(H2,16,17,20). The van der Waals surface area contributed by atoms with E-state index in [0.29, 0.717) is 0 Å². The second-order valence-corrected chi connectivity index (χ2v) is 4.20. The molecule has 116 valence electrons. The lowest BCUT2D eigenvalue weighted by molar-refractivity contribution is 0.0194. The van der Waals surface area contributed by atoms with Crippen LogP contribution < -0.4 is 10.6 Å². The summed E-state index contributed by atoms with van der Waals surface area (Å²) < 4.78 is 28.1.